The average Bonchev–Trinajstić information content (AvgIpc) is 2.95. The van der Waals surface area contributed by atoms with E-state index >= 15 is 0 Å². The number of benzene rings is 1. The van der Waals surface area contributed by atoms with Gasteiger partial charge in [-0.3, -0.25) is 0 Å². The number of nitrogens with zero attached hydrogens (tertiary/aromatic N) is 2. The lowest BCUT2D eigenvalue weighted by molar-refractivity contribution is 0.507. The first kappa shape index (κ1) is 13.5. The number of anilines is 1. The second-order valence-electron chi connectivity index (χ2n) is 4.98. The van der Waals surface area contributed by atoms with E-state index in [0.717, 1.165) is 17.5 Å². The largest absolute Gasteiger partial charge is 0.467 e. The van der Waals surface area contributed by atoms with Gasteiger partial charge in [-0.1, -0.05) is 0 Å². The summed E-state index contributed by atoms with van der Waals surface area (Å²) in [7, 11) is 1.87. The Morgan fingerprint density at radius 2 is 2.05 bits per heavy atom. The van der Waals surface area contributed by atoms with Crippen LogP contribution in [-0.2, 0) is 6.54 Å². The smallest absolute Gasteiger partial charge is 0.185 e. The first-order valence-electron chi connectivity index (χ1n) is 6.55. The molecule has 2 heterocycles. The zero-order valence-electron chi connectivity index (χ0n) is 11.7. The van der Waals surface area contributed by atoms with E-state index < -0.39 is 11.6 Å². The van der Waals surface area contributed by atoms with Crippen LogP contribution in [0.25, 0.3) is 10.9 Å². The molecule has 2 aromatic heterocycles. The van der Waals surface area contributed by atoms with Gasteiger partial charge in [0.1, 0.15) is 11.3 Å². The standard InChI is InChI=1S/C16H14F2N2O/c1-10-8-14(20(2)9-11-4-3-7-21-11)12-5-6-13(17)15(18)16(12)19-10/h3-8H,9H2,1-2H3. The van der Waals surface area contributed by atoms with Gasteiger partial charge in [-0.15, -0.1) is 0 Å². The number of hydrogen-bond donors (Lipinski definition) is 0. The van der Waals surface area contributed by atoms with Crippen LogP contribution in [0.1, 0.15) is 11.5 Å². The third-order valence-electron chi connectivity index (χ3n) is 3.36. The van der Waals surface area contributed by atoms with Crippen LogP contribution in [0.5, 0.6) is 0 Å². The summed E-state index contributed by atoms with van der Waals surface area (Å²) < 4.78 is 32.6. The Hall–Kier alpha value is -2.43. The van der Waals surface area contributed by atoms with Crippen molar-refractivity contribution in [1.82, 2.24) is 4.98 Å². The third-order valence-corrected chi connectivity index (χ3v) is 3.36. The van der Waals surface area contributed by atoms with Gasteiger partial charge >= 0.3 is 0 Å². The molecule has 0 amide bonds. The van der Waals surface area contributed by atoms with E-state index in [0.29, 0.717) is 17.6 Å². The van der Waals surface area contributed by atoms with Gasteiger partial charge in [-0.2, -0.15) is 0 Å². The topological polar surface area (TPSA) is 29.3 Å². The lowest BCUT2D eigenvalue weighted by Gasteiger charge is -2.20. The Morgan fingerprint density at radius 1 is 1.24 bits per heavy atom. The van der Waals surface area contributed by atoms with Gasteiger partial charge in [0.2, 0.25) is 0 Å². The highest BCUT2D eigenvalue weighted by Crippen LogP contribution is 2.29. The number of furan rings is 1. The van der Waals surface area contributed by atoms with Crippen molar-refractivity contribution in [2.75, 3.05) is 11.9 Å². The molecule has 0 aliphatic heterocycles. The van der Waals surface area contributed by atoms with Gasteiger partial charge in [-0.25, -0.2) is 13.8 Å². The van der Waals surface area contributed by atoms with E-state index in [1.807, 2.05) is 30.1 Å². The maximum absolute atomic E-state index is 13.9. The fourth-order valence-electron chi connectivity index (χ4n) is 2.38. The molecule has 3 nitrogen and oxygen atoms in total. The Balaban J connectivity index is 2.11. The highest BCUT2D eigenvalue weighted by Gasteiger charge is 2.15. The van der Waals surface area contributed by atoms with Crippen LogP contribution in [0.2, 0.25) is 0 Å². The summed E-state index contributed by atoms with van der Waals surface area (Å²) in [4.78, 5) is 6.03. The molecule has 108 valence electrons. The number of aromatic nitrogens is 1. The summed E-state index contributed by atoms with van der Waals surface area (Å²) in [5.74, 6) is -1.01. The highest BCUT2D eigenvalue weighted by molar-refractivity contribution is 5.92. The van der Waals surface area contributed by atoms with Crippen LogP contribution >= 0.6 is 0 Å². The molecule has 0 unspecified atom stereocenters. The summed E-state index contributed by atoms with van der Waals surface area (Å²) in [6.07, 6.45) is 1.61. The number of halogens is 2. The second-order valence-corrected chi connectivity index (χ2v) is 4.98. The molecule has 0 saturated carbocycles. The highest BCUT2D eigenvalue weighted by atomic mass is 19.2. The maximum Gasteiger partial charge on any atom is 0.185 e. The molecular formula is C16H14F2N2O. The molecule has 0 N–H and O–H groups in total. The predicted octanol–water partition coefficient (Wildman–Crippen LogP) is 4.05. The van der Waals surface area contributed by atoms with Crippen LogP contribution < -0.4 is 4.90 Å². The van der Waals surface area contributed by atoms with Crippen molar-refractivity contribution in [2.24, 2.45) is 0 Å². The molecule has 0 atom stereocenters. The van der Waals surface area contributed by atoms with Crippen LogP contribution in [0, 0.1) is 18.6 Å². The minimum absolute atomic E-state index is 0.0521. The molecular weight excluding hydrogens is 274 g/mol. The average molecular weight is 288 g/mol. The zero-order chi connectivity index (χ0) is 15.0. The Morgan fingerprint density at radius 3 is 2.76 bits per heavy atom. The lowest BCUT2D eigenvalue weighted by Crippen LogP contribution is -2.17. The number of pyridine rings is 1. The molecule has 0 radical (unpaired) electrons. The van der Waals surface area contributed by atoms with Crippen LogP contribution in [-0.4, -0.2) is 12.0 Å². The van der Waals surface area contributed by atoms with Crippen molar-refractivity contribution in [2.45, 2.75) is 13.5 Å². The molecule has 5 heteroatoms. The molecule has 0 saturated heterocycles. The molecule has 0 fully saturated rings. The molecule has 1 aromatic carbocycles. The molecule has 0 spiro atoms. The minimum Gasteiger partial charge on any atom is -0.467 e. The van der Waals surface area contributed by atoms with Gasteiger partial charge in [0.25, 0.3) is 0 Å². The number of hydrogen-bond acceptors (Lipinski definition) is 3. The predicted molar refractivity (Wildman–Crippen MR) is 77.2 cm³/mol. The van der Waals surface area contributed by atoms with E-state index in [2.05, 4.69) is 4.98 Å². The van der Waals surface area contributed by atoms with Crippen molar-refractivity contribution < 1.29 is 13.2 Å². The second kappa shape index (κ2) is 5.16. The zero-order valence-corrected chi connectivity index (χ0v) is 11.7. The Kier molecular flexibility index (Phi) is 3.33. The van der Waals surface area contributed by atoms with E-state index in [9.17, 15) is 8.78 Å². The molecule has 21 heavy (non-hydrogen) atoms. The van der Waals surface area contributed by atoms with Gasteiger partial charge < -0.3 is 9.32 Å². The number of fused-ring (bicyclic) bond motifs is 1. The molecule has 3 rings (SSSR count). The lowest BCUT2D eigenvalue weighted by atomic mass is 10.1. The fourth-order valence-corrected chi connectivity index (χ4v) is 2.38. The summed E-state index contributed by atoms with van der Waals surface area (Å²) in [5, 5.41) is 0.577. The first-order valence-corrected chi connectivity index (χ1v) is 6.55. The summed E-state index contributed by atoms with van der Waals surface area (Å²) in [6.45, 7) is 2.29. The van der Waals surface area contributed by atoms with Crippen LogP contribution in [0.15, 0.2) is 41.0 Å². The fraction of sp³-hybridized carbons (Fsp3) is 0.188. The number of rotatable bonds is 3. The van der Waals surface area contributed by atoms with Crippen molar-refractivity contribution >= 4 is 16.6 Å². The van der Waals surface area contributed by atoms with E-state index in [4.69, 9.17) is 4.42 Å². The van der Waals surface area contributed by atoms with Crippen molar-refractivity contribution in [3.63, 3.8) is 0 Å². The minimum atomic E-state index is -0.913. The van der Waals surface area contributed by atoms with Crippen molar-refractivity contribution in [1.29, 1.82) is 0 Å². The summed E-state index contributed by atoms with van der Waals surface area (Å²) in [5.41, 5.74) is 1.47. The van der Waals surface area contributed by atoms with Crippen LogP contribution in [0.4, 0.5) is 14.5 Å². The quantitative estimate of drug-likeness (QED) is 0.728. The Bertz CT molecular complexity index is 785. The number of aryl methyl sites for hydroxylation is 1. The third kappa shape index (κ3) is 2.46. The monoisotopic (exact) mass is 288 g/mol. The van der Waals surface area contributed by atoms with Crippen molar-refractivity contribution in [3.8, 4) is 0 Å². The van der Waals surface area contributed by atoms with Crippen LogP contribution in [0.3, 0.4) is 0 Å². The van der Waals surface area contributed by atoms with E-state index in [1.54, 1.807) is 19.3 Å². The summed E-state index contributed by atoms with van der Waals surface area (Å²) >= 11 is 0. The van der Waals surface area contributed by atoms with Gasteiger partial charge in [-0.05, 0) is 37.3 Å². The van der Waals surface area contributed by atoms with Gasteiger partial charge in [0, 0.05) is 23.8 Å². The maximum atomic E-state index is 13.9. The summed E-state index contributed by atoms with van der Waals surface area (Å²) in [6, 6.07) is 8.21. The SMILES string of the molecule is Cc1cc(N(C)Cc2ccco2)c2ccc(F)c(F)c2n1. The van der Waals surface area contributed by atoms with Crippen molar-refractivity contribution in [3.05, 3.63) is 59.7 Å². The first-order chi connectivity index (χ1) is 10.1. The van der Waals surface area contributed by atoms with Gasteiger partial charge in [0.05, 0.1) is 12.8 Å². The van der Waals surface area contributed by atoms with E-state index in [-0.39, 0.29) is 5.52 Å². The normalized spacial score (nSPS) is 11.0. The van der Waals surface area contributed by atoms with E-state index in [1.165, 1.54) is 0 Å². The Labute approximate surface area is 120 Å². The molecule has 0 bridgehead atoms. The molecule has 3 aromatic rings. The molecule has 0 aliphatic carbocycles. The molecule has 0 aliphatic rings. The van der Waals surface area contributed by atoms with Gasteiger partial charge in [0.15, 0.2) is 11.6 Å².